The molecule has 3 rings (SSSR count). The summed E-state index contributed by atoms with van der Waals surface area (Å²) in [4.78, 5) is 29.3. The number of esters is 1. The first-order valence-corrected chi connectivity index (χ1v) is 12.5. The van der Waals surface area contributed by atoms with Crippen LogP contribution in [-0.4, -0.2) is 34.5 Å². The van der Waals surface area contributed by atoms with Gasteiger partial charge in [0.2, 0.25) is 0 Å². The molecule has 0 aliphatic carbocycles. The van der Waals surface area contributed by atoms with Gasteiger partial charge in [-0.25, -0.2) is 9.37 Å². The molecule has 0 spiro atoms. The number of cyclic esters (lactones) is 1. The molecule has 0 N–H and O–H groups in total. The van der Waals surface area contributed by atoms with Crippen LogP contribution >= 0.6 is 11.3 Å². The minimum Gasteiger partial charge on any atom is -0.466 e. The van der Waals surface area contributed by atoms with E-state index in [0.717, 1.165) is 24.3 Å². The number of rotatable bonds is 2. The summed E-state index contributed by atoms with van der Waals surface area (Å²) in [7, 11) is 0. The van der Waals surface area contributed by atoms with E-state index in [2.05, 4.69) is 11.9 Å². The zero-order valence-electron chi connectivity index (χ0n) is 20.0. The van der Waals surface area contributed by atoms with Crippen LogP contribution in [0.5, 0.6) is 0 Å². The molecule has 5 nitrogen and oxygen atoms in total. The maximum atomic E-state index is 15.5. The second kappa shape index (κ2) is 9.72. The number of hydrogen-bond donors (Lipinski definition) is 0. The van der Waals surface area contributed by atoms with E-state index in [4.69, 9.17) is 9.47 Å². The number of epoxide rings is 1. The number of thiazole rings is 1. The molecule has 0 saturated carbocycles. The normalized spacial score (nSPS) is 32.8. The third kappa shape index (κ3) is 5.66. The molecule has 3 atom stereocenters. The first kappa shape index (κ1) is 25.0. The number of fused-ring (bicyclic) bond motifs is 1. The number of halogens is 1. The topological polar surface area (TPSA) is 68.8 Å². The standard InChI is InChI=1S/C25H36FNO4S/c1-17-7-6-11-24(5)25(31-24,20(26)15-19-16-32-18(2)27-19)13-14-30-22(29)10-12-23(3,4)21(28)9-8-17/h15-17H,6-14H2,1-5H3/b20-15-. The number of carbonyl (C=O) groups is 2. The molecule has 3 unspecified atom stereocenters. The van der Waals surface area contributed by atoms with Gasteiger partial charge in [0.05, 0.1) is 17.3 Å². The first-order chi connectivity index (χ1) is 15.0. The fourth-order valence-corrected chi connectivity index (χ4v) is 5.19. The Morgan fingerprint density at radius 3 is 2.62 bits per heavy atom. The zero-order valence-corrected chi connectivity index (χ0v) is 20.8. The zero-order chi connectivity index (χ0) is 23.6. The van der Waals surface area contributed by atoms with Gasteiger partial charge in [-0.05, 0) is 45.1 Å². The summed E-state index contributed by atoms with van der Waals surface area (Å²) in [6.45, 7) is 9.86. The first-order valence-electron chi connectivity index (χ1n) is 11.7. The number of ketones is 1. The summed E-state index contributed by atoms with van der Waals surface area (Å²) in [5.74, 6) is -0.112. The maximum absolute atomic E-state index is 15.5. The molecule has 2 saturated heterocycles. The molecule has 2 aliphatic heterocycles. The fourth-order valence-electron chi connectivity index (χ4n) is 4.62. The van der Waals surface area contributed by atoms with Gasteiger partial charge < -0.3 is 9.47 Å². The molecule has 3 heterocycles. The molecular weight excluding hydrogens is 429 g/mol. The van der Waals surface area contributed by atoms with Gasteiger partial charge in [0.15, 0.2) is 5.60 Å². The third-order valence-corrected chi connectivity index (χ3v) is 7.94. The highest BCUT2D eigenvalue weighted by Crippen LogP contribution is 2.58. The van der Waals surface area contributed by atoms with E-state index in [1.165, 1.54) is 17.4 Å². The van der Waals surface area contributed by atoms with Gasteiger partial charge in [-0.3, -0.25) is 9.59 Å². The van der Waals surface area contributed by atoms with E-state index >= 15 is 4.39 Å². The molecule has 2 fully saturated rings. The predicted molar refractivity (Wildman–Crippen MR) is 124 cm³/mol. The Bertz CT molecular complexity index is 879. The highest BCUT2D eigenvalue weighted by molar-refractivity contribution is 7.09. The monoisotopic (exact) mass is 465 g/mol. The van der Waals surface area contributed by atoms with Crippen molar-refractivity contribution in [1.82, 2.24) is 4.98 Å². The number of ether oxygens (including phenoxy) is 2. The number of nitrogens with zero attached hydrogens (tertiary/aromatic N) is 1. The molecule has 2 aliphatic rings. The van der Waals surface area contributed by atoms with E-state index in [1.54, 1.807) is 0 Å². The summed E-state index contributed by atoms with van der Waals surface area (Å²) in [6.07, 6.45) is 6.25. The predicted octanol–water partition coefficient (Wildman–Crippen LogP) is 6.20. The second-order valence-electron chi connectivity index (χ2n) is 10.3. The Kier molecular flexibility index (Phi) is 7.60. The van der Waals surface area contributed by atoms with E-state index in [1.807, 2.05) is 33.1 Å². The van der Waals surface area contributed by atoms with Crippen LogP contribution < -0.4 is 0 Å². The van der Waals surface area contributed by atoms with Crippen LogP contribution in [0.4, 0.5) is 4.39 Å². The van der Waals surface area contributed by atoms with Gasteiger partial charge in [0.1, 0.15) is 17.2 Å². The molecule has 1 aromatic heterocycles. The average molecular weight is 466 g/mol. The quantitative estimate of drug-likeness (QED) is 0.384. The molecule has 178 valence electrons. The SMILES string of the molecule is Cc1nc(/C=C(\F)C23CCOC(=O)CCC(C)(C)C(=O)CCC(C)CCCC2(C)O3)cs1. The van der Waals surface area contributed by atoms with Crippen LogP contribution in [0.3, 0.4) is 0 Å². The van der Waals surface area contributed by atoms with Crippen LogP contribution in [0.2, 0.25) is 0 Å². The second-order valence-corrected chi connectivity index (χ2v) is 11.3. The van der Waals surface area contributed by atoms with Gasteiger partial charge in [-0.1, -0.05) is 33.6 Å². The Labute approximate surface area is 194 Å². The van der Waals surface area contributed by atoms with Gasteiger partial charge in [-0.15, -0.1) is 11.3 Å². The fraction of sp³-hybridized carbons (Fsp3) is 0.720. The Morgan fingerprint density at radius 1 is 1.19 bits per heavy atom. The van der Waals surface area contributed by atoms with Gasteiger partial charge in [-0.2, -0.15) is 0 Å². The highest BCUT2D eigenvalue weighted by Gasteiger charge is 2.68. The van der Waals surface area contributed by atoms with E-state index in [0.29, 0.717) is 30.9 Å². The lowest BCUT2D eigenvalue weighted by Gasteiger charge is -2.24. The van der Waals surface area contributed by atoms with Crippen molar-refractivity contribution < 1.29 is 23.5 Å². The van der Waals surface area contributed by atoms with Crippen molar-refractivity contribution in [2.75, 3.05) is 6.61 Å². The lowest BCUT2D eigenvalue weighted by Crippen LogP contribution is -2.28. The highest BCUT2D eigenvalue weighted by atomic mass is 32.1. The molecule has 7 heteroatoms. The molecule has 32 heavy (non-hydrogen) atoms. The maximum Gasteiger partial charge on any atom is 0.305 e. The number of aryl methyl sites for hydroxylation is 1. The van der Waals surface area contributed by atoms with Crippen molar-refractivity contribution in [2.45, 2.75) is 97.2 Å². The van der Waals surface area contributed by atoms with Crippen LogP contribution in [0.25, 0.3) is 6.08 Å². The van der Waals surface area contributed by atoms with E-state index < -0.39 is 16.6 Å². The van der Waals surface area contributed by atoms with Crippen molar-refractivity contribution in [2.24, 2.45) is 11.3 Å². The Morgan fingerprint density at radius 2 is 1.94 bits per heavy atom. The molecule has 0 radical (unpaired) electrons. The van der Waals surface area contributed by atoms with Crippen molar-refractivity contribution in [3.05, 3.63) is 21.9 Å². The molecule has 0 bridgehead atoms. The number of Topliss-reactive ketones (excluding diaryl/α,β-unsaturated/α-hetero) is 1. The van der Waals surface area contributed by atoms with Gasteiger partial charge in [0.25, 0.3) is 0 Å². The smallest absolute Gasteiger partial charge is 0.305 e. The lowest BCUT2D eigenvalue weighted by atomic mass is 9.80. The number of hydrogen-bond acceptors (Lipinski definition) is 6. The third-order valence-electron chi connectivity index (χ3n) is 7.15. The van der Waals surface area contributed by atoms with Gasteiger partial charge in [0, 0.05) is 30.1 Å². The van der Waals surface area contributed by atoms with Crippen molar-refractivity contribution >= 4 is 29.2 Å². The summed E-state index contributed by atoms with van der Waals surface area (Å²) in [6, 6.07) is 0. The Hall–Kier alpha value is -1.60. The lowest BCUT2D eigenvalue weighted by molar-refractivity contribution is -0.145. The Balaban J connectivity index is 1.76. The average Bonchev–Trinajstić information content (AvgIpc) is 3.10. The van der Waals surface area contributed by atoms with Crippen molar-refractivity contribution in [3.63, 3.8) is 0 Å². The summed E-state index contributed by atoms with van der Waals surface area (Å²) >= 11 is 1.48. The van der Waals surface area contributed by atoms with Crippen LogP contribution in [-0.2, 0) is 19.1 Å². The minimum absolute atomic E-state index is 0.0799. The summed E-state index contributed by atoms with van der Waals surface area (Å²) in [5.41, 5.74) is -1.68. The van der Waals surface area contributed by atoms with Crippen molar-refractivity contribution in [1.29, 1.82) is 0 Å². The summed E-state index contributed by atoms with van der Waals surface area (Å²) in [5, 5.41) is 2.70. The van der Waals surface area contributed by atoms with E-state index in [-0.39, 0.29) is 37.0 Å². The van der Waals surface area contributed by atoms with E-state index in [9.17, 15) is 9.59 Å². The summed E-state index contributed by atoms with van der Waals surface area (Å²) < 4.78 is 27.0. The van der Waals surface area contributed by atoms with Crippen LogP contribution in [0.1, 0.15) is 89.8 Å². The van der Waals surface area contributed by atoms with Gasteiger partial charge >= 0.3 is 5.97 Å². The molecule has 0 amide bonds. The number of aromatic nitrogens is 1. The number of carbonyl (C=O) groups excluding carboxylic acids is 2. The molecular formula is C25H36FNO4S. The van der Waals surface area contributed by atoms with Crippen LogP contribution in [0.15, 0.2) is 11.2 Å². The van der Waals surface area contributed by atoms with Crippen molar-refractivity contribution in [3.8, 4) is 0 Å². The minimum atomic E-state index is -1.08. The van der Waals surface area contributed by atoms with Crippen LogP contribution in [0, 0.1) is 18.3 Å². The largest absolute Gasteiger partial charge is 0.466 e. The molecule has 1 aromatic rings. The molecule has 0 aromatic carbocycles.